The molecule has 1 aromatic carbocycles. The lowest BCUT2D eigenvalue weighted by Crippen LogP contribution is -2.13. The molecule has 0 saturated carbocycles. The van der Waals surface area contributed by atoms with Crippen molar-refractivity contribution in [1.29, 1.82) is 0 Å². The molecule has 1 unspecified atom stereocenters. The molecule has 1 heterocycles. The van der Waals surface area contributed by atoms with Crippen molar-refractivity contribution in [1.82, 2.24) is 0 Å². The summed E-state index contributed by atoms with van der Waals surface area (Å²) < 4.78 is 11.1. The van der Waals surface area contributed by atoms with E-state index in [1.807, 2.05) is 13.0 Å². The monoisotopic (exact) mass is 204 g/mol. The van der Waals surface area contributed by atoms with Crippen molar-refractivity contribution >= 4 is 6.08 Å². The van der Waals surface area contributed by atoms with Gasteiger partial charge in [-0.25, -0.2) is 0 Å². The second-order valence-corrected chi connectivity index (χ2v) is 3.93. The van der Waals surface area contributed by atoms with Gasteiger partial charge >= 0.3 is 0 Å². The van der Waals surface area contributed by atoms with Gasteiger partial charge in [0.1, 0.15) is 17.6 Å². The van der Waals surface area contributed by atoms with E-state index in [1.165, 1.54) is 5.56 Å². The summed E-state index contributed by atoms with van der Waals surface area (Å²) >= 11 is 0. The van der Waals surface area contributed by atoms with Crippen LogP contribution in [-0.2, 0) is 0 Å². The maximum atomic E-state index is 5.80. The lowest BCUT2D eigenvalue weighted by atomic mass is 10.0. The van der Waals surface area contributed by atoms with Crippen LogP contribution in [0.4, 0.5) is 0 Å². The van der Waals surface area contributed by atoms with Crippen LogP contribution in [0, 0.1) is 13.8 Å². The van der Waals surface area contributed by atoms with Crippen LogP contribution in [0.2, 0.25) is 0 Å². The fourth-order valence-corrected chi connectivity index (χ4v) is 1.84. The summed E-state index contributed by atoms with van der Waals surface area (Å²) in [6.45, 7) is 6.17. The smallest absolute Gasteiger partial charge is 0.130 e. The van der Waals surface area contributed by atoms with Gasteiger partial charge < -0.3 is 9.47 Å². The van der Waals surface area contributed by atoms with Crippen LogP contribution in [0.3, 0.4) is 0 Å². The van der Waals surface area contributed by atoms with Gasteiger partial charge in [0.25, 0.3) is 0 Å². The van der Waals surface area contributed by atoms with E-state index in [0.29, 0.717) is 0 Å². The van der Waals surface area contributed by atoms with Crippen molar-refractivity contribution in [2.75, 3.05) is 7.11 Å². The van der Waals surface area contributed by atoms with Crippen LogP contribution in [0.5, 0.6) is 11.5 Å². The highest BCUT2D eigenvalue weighted by Crippen LogP contribution is 2.36. The molecule has 1 aromatic rings. The molecule has 0 amide bonds. The molecule has 0 spiro atoms. The van der Waals surface area contributed by atoms with Crippen molar-refractivity contribution in [3.05, 3.63) is 28.8 Å². The fourth-order valence-electron chi connectivity index (χ4n) is 1.84. The number of ether oxygens (including phenoxy) is 2. The minimum Gasteiger partial charge on any atom is -0.496 e. The Hall–Kier alpha value is -1.44. The van der Waals surface area contributed by atoms with E-state index in [9.17, 15) is 0 Å². The van der Waals surface area contributed by atoms with E-state index >= 15 is 0 Å². The molecular formula is C13H16O2. The molecule has 1 aliphatic rings. The molecule has 2 rings (SSSR count). The molecule has 0 bridgehead atoms. The van der Waals surface area contributed by atoms with Gasteiger partial charge in [0.2, 0.25) is 0 Å². The molecule has 80 valence electrons. The molecule has 0 N–H and O–H groups in total. The highest BCUT2D eigenvalue weighted by molar-refractivity contribution is 5.66. The Kier molecular flexibility index (Phi) is 2.43. The molecule has 0 aromatic heterocycles. The Labute approximate surface area is 90.5 Å². The van der Waals surface area contributed by atoms with E-state index in [4.69, 9.17) is 9.47 Å². The minimum atomic E-state index is 0.156. The van der Waals surface area contributed by atoms with Gasteiger partial charge in [-0.05, 0) is 44.0 Å². The Balaban J connectivity index is 2.60. The first kappa shape index (κ1) is 10.1. The van der Waals surface area contributed by atoms with Gasteiger partial charge in [-0.2, -0.15) is 0 Å². The number of hydrogen-bond acceptors (Lipinski definition) is 2. The molecule has 2 nitrogen and oxygen atoms in total. The summed E-state index contributed by atoms with van der Waals surface area (Å²) in [6.07, 6.45) is 4.30. The summed E-state index contributed by atoms with van der Waals surface area (Å²) in [5, 5.41) is 0. The SMILES string of the molecule is COc1cc2c(c(C)c1C)OC(C)C=C2. The van der Waals surface area contributed by atoms with Gasteiger partial charge in [-0.3, -0.25) is 0 Å². The summed E-state index contributed by atoms with van der Waals surface area (Å²) in [5.41, 5.74) is 3.42. The van der Waals surface area contributed by atoms with Gasteiger partial charge in [0.05, 0.1) is 7.11 Å². The van der Waals surface area contributed by atoms with Crippen molar-refractivity contribution in [3.63, 3.8) is 0 Å². The second kappa shape index (κ2) is 3.61. The summed E-state index contributed by atoms with van der Waals surface area (Å²) in [5.74, 6) is 1.91. The summed E-state index contributed by atoms with van der Waals surface area (Å²) in [7, 11) is 1.70. The van der Waals surface area contributed by atoms with E-state index < -0.39 is 0 Å². The van der Waals surface area contributed by atoms with Crippen molar-refractivity contribution in [2.24, 2.45) is 0 Å². The first-order chi connectivity index (χ1) is 7.13. The number of rotatable bonds is 1. The molecule has 1 atom stereocenters. The molecule has 15 heavy (non-hydrogen) atoms. The number of fused-ring (bicyclic) bond motifs is 1. The summed E-state index contributed by atoms with van der Waals surface area (Å²) in [4.78, 5) is 0. The lowest BCUT2D eigenvalue weighted by Gasteiger charge is -2.22. The largest absolute Gasteiger partial charge is 0.496 e. The average molecular weight is 204 g/mol. The lowest BCUT2D eigenvalue weighted by molar-refractivity contribution is 0.263. The normalized spacial score (nSPS) is 18.3. The van der Waals surface area contributed by atoms with Crippen LogP contribution < -0.4 is 9.47 Å². The maximum Gasteiger partial charge on any atom is 0.130 e. The van der Waals surface area contributed by atoms with E-state index in [1.54, 1.807) is 7.11 Å². The molecule has 0 radical (unpaired) electrons. The van der Waals surface area contributed by atoms with E-state index in [0.717, 1.165) is 22.6 Å². The fraction of sp³-hybridized carbons (Fsp3) is 0.385. The third kappa shape index (κ3) is 1.60. The van der Waals surface area contributed by atoms with Gasteiger partial charge in [-0.1, -0.05) is 6.08 Å². The van der Waals surface area contributed by atoms with Crippen molar-refractivity contribution < 1.29 is 9.47 Å². The van der Waals surface area contributed by atoms with Crippen LogP contribution in [0.25, 0.3) is 6.08 Å². The van der Waals surface area contributed by atoms with Crippen LogP contribution in [0.1, 0.15) is 23.6 Å². The minimum absolute atomic E-state index is 0.156. The van der Waals surface area contributed by atoms with Crippen LogP contribution in [-0.4, -0.2) is 13.2 Å². The zero-order valence-corrected chi connectivity index (χ0v) is 9.63. The Morgan fingerprint density at radius 2 is 2.00 bits per heavy atom. The van der Waals surface area contributed by atoms with Crippen LogP contribution in [0.15, 0.2) is 12.1 Å². The summed E-state index contributed by atoms with van der Waals surface area (Å²) in [6, 6.07) is 2.03. The predicted molar refractivity (Wildman–Crippen MR) is 61.6 cm³/mol. The van der Waals surface area contributed by atoms with Gasteiger partial charge in [0, 0.05) is 5.56 Å². The third-order valence-corrected chi connectivity index (χ3v) is 2.89. The first-order valence-electron chi connectivity index (χ1n) is 5.16. The molecule has 0 aliphatic carbocycles. The molecular weight excluding hydrogens is 188 g/mol. The number of benzene rings is 1. The topological polar surface area (TPSA) is 18.5 Å². The zero-order valence-electron chi connectivity index (χ0n) is 9.63. The molecule has 2 heteroatoms. The highest BCUT2D eigenvalue weighted by atomic mass is 16.5. The maximum absolute atomic E-state index is 5.80. The Bertz CT molecular complexity index is 419. The Morgan fingerprint density at radius 1 is 1.27 bits per heavy atom. The zero-order chi connectivity index (χ0) is 11.0. The van der Waals surface area contributed by atoms with E-state index in [-0.39, 0.29) is 6.10 Å². The van der Waals surface area contributed by atoms with Gasteiger partial charge in [-0.15, -0.1) is 0 Å². The molecule has 1 aliphatic heterocycles. The van der Waals surface area contributed by atoms with Crippen LogP contribution >= 0.6 is 0 Å². The quantitative estimate of drug-likeness (QED) is 0.699. The second-order valence-electron chi connectivity index (χ2n) is 3.93. The van der Waals surface area contributed by atoms with Crippen molar-refractivity contribution in [2.45, 2.75) is 26.9 Å². The highest BCUT2D eigenvalue weighted by Gasteiger charge is 2.17. The number of methoxy groups -OCH3 is 1. The average Bonchev–Trinajstić information content (AvgIpc) is 2.24. The van der Waals surface area contributed by atoms with Gasteiger partial charge in [0.15, 0.2) is 0 Å². The number of hydrogen-bond donors (Lipinski definition) is 0. The molecule has 0 saturated heterocycles. The van der Waals surface area contributed by atoms with E-state index in [2.05, 4.69) is 26.0 Å². The third-order valence-electron chi connectivity index (χ3n) is 2.89. The molecule has 0 fully saturated rings. The first-order valence-corrected chi connectivity index (χ1v) is 5.16. The van der Waals surface area contributed by atoms with Crippen molar-refractivity contribution in [3.8, 4) is 11.5 Å². The standard InChI is InChI=1S/C13H16O2/c1-8-5-6-11-7-12(14-4)9(2)10(3)13(11)15-8/h5-8H,1-4H3. The Morgan fingerprint density at radius 3 is 2.67 bits per heavy atom. The predicted octanol–water partition coefficient (Wildman–Crippen LogP) is 3.11.